The Balaban J connectivity index is 2.84. The summed E-state index contributed by atoms with van der Waals surface area (Å²) in [7, 11) is 0. The first-order valence-electron chi connectivity index (χ1n) is 4.22. The maximum atomic E-state index is 5.83. The van der Waals surface area contributed by atoms with E-state index in [-0.39, 0.29) is 0 Å². The first kappa shape index (κ1) is 8.52. The molecule has 0 saturated carbocycles. The lowest BCUT2D eigenvalue weighted by molar-refractivity contribution is 1.32. The Morgan fingerprint density at radius 3 is 2.92 bits per heavy atom. The fourth-order valence-electron chi connectivity index (χ4n) is 1.50. The van der Waals surface area contributed by atoms with Gasteiger partial charge in [-0.1, -0.05) is 18.2 Å². The first-order chi connectivity index (χ1) is 6.33. The van der Waals surface area contributed by atoms with Crippen LogP contribution < -0.4 is 0 Å². The second-order valence-electron chi connectivity index (χ2n) is 3.07. The topological polar surface area (TPSA) is 12.9 Å². The number of aryl methyl sites for hydroxylation is 1. The number of benzene rings is 1. The molecule has 0 N–H and O–H groups in total. The number of hydrogen-bond donors (Lipinski definition) is 0. The summed E-state index contributed by atoms with van der Waals surface area (Å²) in [6.07, 6.45) is 1.81. The summed E-state index contributed by atoms with van der Waals surface area (Å²) >= 11 is 5.83. The third-order valence-electron chi connectivity index (χ3n) is 2.21. The highest BCUT2D eigenvalue weighted by molar-refractivity contribution is 6.18. The van der Waals surface area contributed by atoms with Crippen molar-refractivity contribution in [1.29, 1.82) is 0 Å². The zero-order valence-corrected chi connectivity index (χ0v) is 8.17. The van der Waals surface area contributed by atoms with Crippen molar-refractivity contribution in [1.82, 2.24) is 4.98 Å². The molecule has 1 aromatic heterocycles. The van der Waals surface area contributed by atoms with E-state index in [0.717, 1.165) is 16.5 Å². The van der Waals surface area contributed by atoms with Crippen molar-refractivity contribution in [3.05, 3.63) is 41.6 Å². The second-order valence-corrected chi connectivity index (χ2v) is 3.34. The lowest BCUT2D eigenvalue weighted by atomic mass is 10.1. The SMILES string of the molecule is Cc1cccc2c(CCl)ccnc12. The fraction of sp³-hybridized carbons (Fsp3) is 0.182. The minimum atomic E-state index is 0.544. The first-order valence-corrected chi connectivity index (χ1v) is 4.75. The van der Waals surface area contributed by atoms with Crippen LogP contribution >= 0.6 is 11.6 Å². The molecule has 0 aliphatic carbocycles. The molecular weight excluding hydrogens is 182 g/mol. The van der Waals surface area contributed by atoms with Gasteiger partial charge in [0.05, 0.1) is 5.52 Å². The molecule has 0 saturated heterocycles. The monoisotopic (exact) mass is 191 g/mol. The van der Waals surface area contributed by atoms with Gasteiger partial charge in [-0.25, -0.2) is 0 Å². The molecule has 0 radical (unpaired) electrons. The summed E-state index contributed by atoms with van der Waals surface area (Å²) in [4.78, 5) is 4.33. The third-order valence-corrected chi connectivity index (χ3v) is 2.49. The van der Waals surface area contributed by atoms with E-state index in [2.05, 4.69) is 24.0 Å². The van der Waals surface area contributed by atoms with Gasteiger partial charge in [0.15, 0.2) is 0 Å². The Morgan fingerprint density at radius 2 is 2.15 bits per heavy atom. The van der Waals surface area contributed by atoms with Gasteiger partial charge in [0, 0.05) is 17.5 Å². The molecule has 0 amide bonds. The standard InChI is InChI=1S/C11H10ClN/c1-8-3-2-4-10-9(7-12)5-6-13-11(8)10/h2-6H,7H2,1H3. The van der Waals surface area contributed by atoms with Crippen LogP contribution in [0.1, 0.15) is 11.1 Å². The van der Waals surface area contributed by atoms with Gasteiger partial charge in [0.25, 0.3) is 0 Å². The van der Waals surface area contributed by atoms with Gasteiger partial charge in [-0.3, -0.25) is 4.98 Å². The van der Waals surface area contributed by atoms with E-state index in [9.17, 15) is 0 Å². The van der Waals surface area contributed by atoms with Crippen molar-refractivity contribution in [3.63, 3.8) is 0 Å². The smallest absolute Gasteiger partial charge is 0.0734 e. The molecule has 1 nitrogen and oxygen atoms in total. The summed E-state index contributed by atoms with van der Waals surface area (Å²) < 4.78 is 0. The van der Waals surface area contributed by atoms with Crippen LogP contribution in [0.15, 0.2) is 30.5 Å². The van der Waals surface area contributed by atoms with Crippen LogP contribution in [0.2, 0.25) is 0 Å². The highest BCUT2D eigenvalue weighted by atomic mass is 35.5. The number of nitrogens with zero attached hydrogens (tertiary/aromatic N) is 1. The molecule has 0 fully saturated rings. The maximum absolute atomic E-state index is 5.83. The van der Waals surface area contributed by atoms with Crippen LogP contribution in [0.25, 0.3) is 10.9 Å². The van der Waals surface area contributed by atoms with E-state index < -0.39 is 0 Å². The Bertz CT molecular complexity index is 437. The summed E-state index contributed by atoms with van der Waals surface area (Å²) in [6.45, 7) is 2.06. The van der Waals surface area contributed by atoms with E-state index in [1.54, 1.807) is 0 Å². The molecular formula is C11H10ClN. The molecule has 2 aromatic rings. The van der Waals surface area contributed by atoms with Crippen molar-refractivity contribution in [2.45, 2.75) is 12.8 Å². The minimum absolute atomic E-state index is 0.544. The molecule has 1 aromatic carbocycles. The van der Waals surface area contributed by atoms with E-state index in [4.69, 9.17) is 11.6 Å². The highest BCUT2D eigenvalue weighted by Crippen LogP contribution is 2.20. The number of rotatable bonds is 1. The van der Waals surface area contributed by atoms with Gasteiger partial charge in [0.1, 0.15) is 0 Å². The van der Waals surface area contributed by atoms with Crippen molar-refractivity contribution < 1.29 is 0 Å². The molecule has 0 unspecified atom stereocenters. The summed E-state index contributed by atoms with van der Waals surface area (Å²) in [5.41, 5.74) is 3.40. The maximum Gasteiger partial charge on any atom is 0.0734 e. The Morgan fingerprint density at radius 1 is 1.31 bits per heavy atom. The molecule has 13 heavy (non-hydrogen) atoms. The normalized spacial score (nSPS) is 10.6. The van der Waals surface area contributed by atoms with Crippen molar-refractivity contribution in [3.8, 4) is 0 Å². The van der Waals surface area contributed by atoms with E-state index in [0.29, 0.717) is 5.88 Å². The number of pyridine rings is 1. The largest absolute Gasteiger partial charge is 0.256 e. The molecule has 2 heteroatoms. The molecule has 0 bridgehead atoms. The number of para-hydroxylation sites is 1. The Labute approximate surface area is 82.4 Å². The summed E-state index contributed by atoms with van der Waals surface area (Å²) in [5, 5.41) is 1.16. The lowest BCUT2D eigenvalue weighted by Gasteiger charge is -2.03. The van der Waals surface area contributed by atoms with Crippen LogP contribution in [-0.2, 0) is 5.88 Å². The predicted octanol–water partition coefficient (Wildman–Crippen LogP) is 3.28. The van der Waals surface area contributed by atoms with Crippen molar-refractivity contribution >= 4 is 22.5 Å². The highest BCUT2D eigenvalue weighted by Gasteiger charge is 2.01. The second kappa shape index (κ2) is 3.35. The molecule has 0 spiro atoms. The van der Waals surface area contributed by atoms with Crippen LogP contribution in [0.3, 0.4) is 0 Å². The molecule has 66 valence electrons. The van der Waals surface area contributed by atoms with Crippen LogP contribution in [0, 0.1) is 6.92 Å². The van der Waals surface area contributed by atoms with Crippen LogP contribution in [0.5, 0.6) is 0 Å². The average Bonchev–Trinajstić information content (AvgIpc) is 2.18. The van der Waals surface area contributed by atoms with Gasteiger partial charge in [-0.15, -0.1) is 11.6 Å². The summed E-state index contributed by atoms with van der Waals surface area (Å²) in [6, 6.07) is 8.13. The Kier molecular flexibility index (Phi) is 2.19. The number of halogens is 1. The lowest BCUT2D eigenvalue weighted by Crippen LogP contribution is -1.87. The number of alkyl halides is 1. The number of hydrogen-bond acceptors (Lipinski definition) is 1. The zero-order valence-electron chi connectivity index (χ0n) is 7.42. The summed E-state index contributed by atoms with van der Waals surface area (Å²) in [5.74, 6) is 0.544. The van der Waals surface area contributed by atoms with Crippen molar-refractivity contribution in [2.24, 2.45) is 0 Å². The van der Waals surface area contributed by atoms with Gasteiger partial charge in [-0.2, -0.15) is 0 Å². The van der Waals surface area contributed by atoms with Crippen LogP contribution in [0.4, 0.5) is 0 Å². The minimum Gasteiger partial charge on any atom is -0.256 e. The molecule has 1 heterocycles. The van der Waals surface area contributed by atoms with Crippen molar-refractivity contribution in [2.75, 3.05) is 0 Å². The average molecular weight is 192 g/mol. The van der Waals surface area contributed by atoms with E-state index in [1.807, 2.05) is 18.3 Å². The number of aromatic nitrogens is 1. The predicted molar refractivity (Wildman–Crippen MR) is 56.0 cm³/mol. The quantitative estimate of drug-likeness (QED) is 0.631. The zero-order chi connectivity index (χ0) is 9.26. The molecule has 0 aliphatic rings. The van der Waals surface area contributed by atoms with E-state index >= 15 is 0 Å². The fourth-order valence-corrected chi connectivity index (χ4v) is 1.73. The third kappa shape index (κ3) is 1.40. The van der Waals surface area contributed by atoms with Gasteiger partial charge >= 0.3 is 0 Å². The van der Waals surface area contributed by atoms with Gasteiger partial charge in [0.2, 0.25) is 0 Å². The van der Waals surface area contributed by atoms with Gasteiger partial charge in [-0.05, 0) is 24.1 Å². The number of fused-ring (bicyclic) bond motifs is 1. The van der Waals surface area contributed by atoms with Gasteiger partial charge < -0.3 is 0 Å². The van der Waals surface area contributed by atoms with Crippen LogP contribution in [-0.4, -0.2) is 4.98 Å². The van der Waals surface area contributed by atoms with E-state index in [1.165, 1.54) is 5.56 Å². The molecule has 0 atom stereocenters. The Hall–Kier alpha value is -1.08. The molecule has 0 aliphatic heterocycles. The molecule has 2 rings (SSSR count).